The Balaban J connectivity index is 1.66. The zero-order chi connectivity index (χ0) is 17.7. The molecule has 0 radical (unpaired) electrons. The molecule has 1 saturated heterocycles. The summed E-state index contributed by atoms with van der Waals surface area (Å²) in [6.07, 6.45) is 9.01. The van der Waals surface area contributed by atoms with Crippen molar-refractivity contribution in [2.75, 3.05) is 26.2 Å². The molecule has 0 amide bonds. The SMILES string of the molecule is CC(C)O[C@H]1CC[C@H](CCCN2CCN(C(C)C)CC2(C)C)CC1. The average molecular weight is 339 g/mol. The number of hydrogen-bond donors (Lipinski definition) is 0. The van der Waals surface area contributed by atoms with Crippen molar-refractivity contribution < 1.29 is 4.74 Å². The van der Waals surface area contributed by atoms with Crippen molar-refractivity contribution in [3.05, 3.63) is 0 Å². The van der Waals surface area contributed by atoms with E-state index in [1.807, 2.05) is 0 Å². The molecule has 0 aromatic carbocycles. The number of hydrogen-bond acceptors (Lipinski definition) is 3. The summed E-state index contributed by atoms with van der Waals surface area (Å²) in [5.41, 5.74) is 0.325. The molecule has 1 saturated carbocycles. The van der Waals surface area contributed by atoms with E-state index < -0.39 is 0 Å². The van der Waals surface area contributed by atoms with Gasteiger partial charge in [-0.2, -0.15) is 0 Å². The smallest absolute Gasteiger partial charge is 0.0578 e. The Morgan fingerprint density at radius 3 is 2.21 bits per heavy atom. The summed E-state index contributed by atoms with van der Waals surface area (Å²) in [4.78, 5) is 5.37. The van der Waals surface area contributed by atoms with Crippen LogP contribution in [0.4, 0.5) is 0 Å². The van der Waals surface area contributed by atoms with Crippen molar-refractivity contribution in [1.82, 2.24) is 9.80 Å². The predicted molar refractivity (Wildman–Crippen MR) is 104 cm³/mol. The summed E-state index contributed by atoms with van der Waals surface area (Å²) in [7, 11) is 0. The first-order valence-electron chi connectivity index (χ1n) is 10.4. The lowest BCUT2D eigenvalue weighted by Gasteiger charge is -2.48. The van der Waals surface area contributed by atoms with Crippen LogP contribution in [0.2, 0.25) is 0 Å². The van der Waals surface area contributed by atoms with E-state index >= 15 is 0 Å². The molecule has 3 nitrogen and oxygen atoms in total. The highest BCUT2D eigenvalue weighted by Gasteiger charge is 2.34. The first kappa shape index (κ1) is 20.2. The van der Waals surface area contributed by atoms with Crippen molar-refractivity contribution in [1.29, 1.82) is 0 Å². The fourth-order valence-corrected chi connectivity index (χ4v) is 4.60. The maximum absolute atomic E-state index is 5.98. The minimum atomic E-state index is 0.325. The Kier molecular flexibility index (Phi) is 7.58. The van der Waals surface area contributed by atoms with Gasteiger partial charge in [-0.15, -0.1) is 0 Å². The molecule has 24 heavy (non-hydrogen) atoms. The van der Waals surface area contributed by atoms with Crippen LogP contribution in [0, 0.1) is 5.92 Å². The number of piperazine rings is 1. The van der Waals surface area contributed by atoms with Crippen molar-refractivity contribution in [3.8, 4) is 0 Å². The molecule has 1 heterocycles. The first-order valence-corrected chi connectivity index (χ1v) is 10.4. The minimum absolute atomic E-state index is 0.325. The molecule has 0 spiro atoms. The molecule has 0 unspecified atom stereocenters. The van der Waals surface area contributed by atoms with Gasteiger partial charge in [0.05, 0.1) is 12.2 Å². The molecule has 1 aliphatic carbocycles. The van der Waals surface area contributed by atoms with Gasteiger partial charge in [-0.3, -0.25) is 9.80 Å². The van der Waals surface area contributed by atoms with Gasteiger partial charge in [0, 0.05) is 31.2 Å². The van der Waals surface area contributed by atoms with Crippen LogP contribution in [0.5, 0.6) is 0 Å². The largest absolute Gasteiger partial charge is 0.376 e. The van der Waals surface area contributed by atoms with E-state index in [-0.39, 0.29) is 0 Å². The average Bonchev–Trinajstić information content (AvgIpc) is 2.49. The van der Waals surface area contributed by atoms with Gasteiger partial charge < -0.3 is 4.74 Å². The summed E-state index contributed by atoms with van der Waals surface area (Å²) in [5, 5.41) is 0. The highest BCUT2D eigenvalue weighted by atomic mass is 16.5. The van der Waals surface area contributed by atoms with Gasteiger partial charge >= 0.3 is 0 Å². The number of rotatable bonds is 7. The Hall–Kier alpha value is -0.120. The van der Waals surface area contributed by atoms with Crippen molar-refractivity contribution in [3.63, 3.8) is 0 Å². The van der Waals surface area contributed by atoms with Gasteiger partial charge in [0.25, 0.3) is 0 Å². The van der Waals surface area contributed by atoms with E-state index in [4.69, 9.17) is 4.74 Å². The van der Waals surface area contributed by atoms with E-state index in [1.165, 1.54) is 64.7 Å². The monoisotopic (exact) mass is 338 g/mol. The third-order valence-corrected chi connectivity index (χ3v) is 6.13. The predicted octanol–water partition coefficient (Wildman–Crippen LogP) is 4.56. The second-order valence-corrected chi connectivity index (χ2v) is 9.33. The molecule has 0 aromatic heterocycles. The maximum atomic E-state index is 5.98. The van der Waals surface area contributed by atoms with Gasteiger partial charge in [0.2, 0.25) is 0 Å². The second kappa shape index (κ2) is 9.00. The standard InChI is InChI=1S/C21H42N2O/c1-17(2)22-14-15-23(21(5,6)16-22)13-7-8-19-9-11-20(12-10-19)24-18(3)4/h17-20H,7-16H2,1-6H3/t19-,20-. The molecule has 3 heteroatoms. The number of nitrogens with zero attached hydrogens (tertiary/aromatic N) is 2. The van der Waals surface area contributed by atoms with Crippen LogP contribution < -0.4 is 0 Å². The first-order chi connectivity index (χ1) is 11.3. The Labute approximate surface area is 151 Å². The molecule has 0 bridgehead atoms. The molecule has 2 rings (SSSR count). The van der Waals surface area contributed by atoms with Gasteiger partial charge in [0.1, 0.15) is 0 Å². The van der Waals surface area contributed by atoms with Crippen molar-refractivity contribution >= 4 is 0 Å². The number of ether oxygens (including phenoxy) is 1. The Bertz CT molecular complexity index is 359. The molecular weight excluding hydrogens is 296 g/mol. The molecular formula is C21H42N2O. The van der Waals surface area contributed by atoms with Crippen LogP contribution in [-0.2, 0) is 4.74 Å². The van der Waals surface area contributed by atoms with Gasteiger partial charge in [-0.25, -0.2) is 0 Å². The van der Waals surface area contributed by atoms with Crippen LogP contribution in [-0.4, -0.2) is 59.8 Å². The molecule has 1 aliphatic heterocycles. The van der Waals surface area contributed by atoms with Gasteiger partial charge in [0.15, 0.2) is 0 Å². The summed E-state index contributed by atoms with van der Waals surface area (Å²) < 4.78 is 5.98. The molecule has 2 aliphatic rings. The van der Waals surface area contributed by atoms with Crippen molar-refractivity contribution in [2.45, 2.75) is 104 Å². The molecule has 0 atom stereocenters. The van der Waals surface area contributed by atoms with E-state index in [2.05, 4.69) is 51.3 Å². The summed E-state index contributed by atoms with van der Waals surface area (Å²) in [6, 6.07) is 0.676. The Morgan fingerprint density at radius 2 is 1.67 bits per heavy atom. The third kappa shape index (κ3) is 6.00. The van der Waals surface area contributed by atoms with Crippen molar-refractivity contribution in [2.24, 2.45) is 5.92 Å². The van der Waals surface area contributed by atoms with E-state index in [9.17, 15) is 0 Å². The quantitative estimate of drug-likeness (QED) is 0.677. The lowest BCUT2D eigenvalue weighted by Crippen LogP contribution is -2.60. The van der Waals surface area contributed by atoms with Crippen LogP contribution in [0.1, 0.15) is 80.1 Å². The van der Waals surface area contributed by atoms with Crippen LogP contribution in [0.15, 0.2) is 0 Å². The van der Waals surface area contributed by atoms with Gasteiger partial charge in [-0.05, 0) is 92.5 Å². The summed E-state index contributed by atoms with van der Waals surface area (Å²) in [5.74, 6) is 0.942. The zero-order valence-electron chi connectivity index (χ0n) is 17.2. The second-order valence-electron chi connectivity index (χ2n) is 9.33. The summed E-state index contributed by atoms with van der Waals surface area (Å²) >= 11 is 0. The summed E-state index contributed by atoms with van der Waals surface area (Å²) in [6.45, 7) is 18.8. The lowest BCUT2D eigenvalue weighted by atomic mass is 9.84. The fraction of sp³-hybridized carbons (Fsp3) is 1.00. The zero-order valence-corrected chi connectivity index (χ0v) is 17.2. The third-order valence-electron chi connectivity index (χ3n) is 6.13. The lowest BCUT2D eigenvalue weighted by molar-refractivity contribution is -0.0215. The van der Waals surface area contributed by atoms with Crippen LogP contribution in [0.3, 0.4) is 0 Å². The van der Waals surface area contributed by atoms with E-state index in [1.54, 1.807) is 0 Å². The molecule has 0 N–H and O–H groups in total. The van der Waals surface area contributed by atoms with Crippen LogP contribution >= 0.6 is 0 Å². The normalized spacial score (nSPS) is 29.5. The fourth-order valence-electron chi connectivity index (χ4n) is 4.60. The molecule has 0 aromatic rings. The van der Waals surface area contributed by atoms with E-state index in [0.29, 0.717) is 23.8 Å². The highest BCUT2D eigenvalue weighted by Crippen LogP contribution is 2.31. The maximum Gasteiger partial charge on any atom is 0.0578 e. The van der Waals surface area contributed by atoms with Crippen LogP contribution in [0.25, 0.3) is 0 Å². The highest BCUT2D eigenvalue weighted by molar-refractivity contribution is 4.91. The molecule has 142 valence electrons. The van der Waals surface area contributed by atoms with E-state index in [0.717, 1.165) is 5.92 Å². The Morgan fingerprint density at radius 1 is 1.00 bits per heavy atom. The minimum Gasteiger partial charge on any atom is -0.376 e. The van der Waals surface area contributed by atoms with Gasteiger partial charge in [-0.1, -0.05) is 0 Å². The topological polar surface area (TPSA) is 15.7 Å². The molecule has 2 fully saturated rings.